The Labute approximate surface area is 180 Å². The fourth-order valence-corrected chi connectivity index (χ4v) is 4.32. The van der Waals surface area contributed by atoms with Crippen LogP contribution in [0.5, 0.6) is 5.75 Å². The van der Waals surface area contributed by atoms with Crippen LogP contribution < -0.4 is 9.64 Å². The predicted molar refractivity (Wildman–Crippen MR) is 121 cm³/mol. The Morgan fingerprint density at radius 1 is 1.13 bits per heavy atom. The highest BCUT2D eigenvalue weighted by atomic mass is 16.5. The summed E-state index contributed by atoms with van der Waals surface area (Å²) in [4.78, 5) is 17.7. The lowest BCUT2D eigenvalue weighted by Gasteiger charge is -2.43. The number of benzene rings is 2. The summed E-state index contributed by atoms with van der Waals surface area (Å²) in [6.45, 7) is 7.04. The second-order valence-corrected chi connectivity index (χ2v) is 8.13. The van der Waals surface area contributed by atoms with Gasteiger partial charge in [-0.3, -0.25) is 4.79 Å². The molecule has 5 nitrogen and oxygen atoms in total. The number of piperidine rings is 1. The Bertz CT molecular complexity index is 811. The van der Waals surface area contributed by atoms with E-state index >= 15 is 0 Å². The van der Waals surface area contributed by atoms with Crippen molar-refractivity contribution in [2.75, 3.05) is 38.8 Å². The first kappa shape index (κ1) is 22.3. The molecule has 0 aromatic heterocycles. The lowest BCUT2D eigenvalue weighted by atomic mass is 9.91. The van der Waals surface area contributed by atoms with E-state index in [2.05, 4.69) is 42.2 Å². The van der Waals surface area contributed by atoms with Gasteiger partial charge >= 0.3 is 0 Å². The topological polar surface area (TPSA) is 42.0 Å². The van der Waals surface area contributed by atoms with Gasteiger partial charge in [0.25, 0.3) is 5.91 Å². The zero-order valence-corrected chi connectivity index (χ0v) is 18.6. The summed E-state index contributed by atoms with van der Waals surface area (Å²) < 4.78 is 11.0. The van der Waals surface area contributed by atoms with E-state index in [1.165, 1.54) is 5.56 Å². The summed E-state index contributed by atoms with van der Waals surface area (Å²) >= 11 is 0. The van der Waals surface area contributed by atoms with Crippen LogP contribution in [0.4, 0.5) is 5.69 Å². The van der Waals surface area contributed by atoms with Crippen molar-refractivity contribution in [3.8, 4) is 5.75 Å². The Hall–Kier alpha value is -2.37. The monoisotopic (exact) mass is 410 g/mol. The Morgan fingerprint density at radius 3 is 2.50 bits per heavy atom. The lowest BCUT2D eigenvalue weighted by molar-refractivity contribution is -0.128. The van der Waals surface area contributed by atoms with Gasteiger partial charge < -0.3 is 19.3 Å². The van der Waals surface area contributed by atoms with Crippen molar-refractivity contribution in [3.05, 3.63) is 60.2 Å². The molecule has 3 atom stereocenters. The highest BCUT2D eigenvalue weighted by Gasteiger charge is 2.36. The maximum Gasteiger partial charge on any atom is 0.256 e. The highest BCUT2D eigenvalue weighted by molar-refractivity contribution is 5.98. The molecule has 0 bridgehead atoms. The number of anilines is 1. The largest absolute Gasteiger partial charge is 0.495 e. The second kappa shape index (κ2) is 10.6. The van der Waals surface area contributed by atoms with Crippen LogP contribution in [0.3, 0.4) is 0 Å². The van der Waals surface area contributed by atoms with E-state index in [1.54, 1.807) is 14.2 Å². The van der Waals surface area contributed by atoms with Gasteiger partial charge in [0, 0.05) is 32.8 Å². The number of ether oxygens (including phenoxy) is 2. The van der Waals surface area contributed by atoms with Crippen LogP contribution >= 0.6 is 0 Å². The third-order valence-electron chi connectivity index (χ3n) is 6.12. The molecule has 30 heavy (non-hydrogen) atoms. The van der Waals surface area contributed by atoms with E-state index in [9.17, 15) is 4.79 Å². The van der Waals surface area contributed by atoms with Crippen LogP contribution in [-0.4, -0.2) is 56.8 Å². The van der Waals surface area contributed by atoms with Gasteiger partial charge in [-0.25, -0.2) is 0 Å². The number of hydrogen-bond acceptors (Lipinski definition) is 4. The van der Waals surface area contributed by atoms with Crippen LogP contribution in [0.2, 0.25) is 0 Å². The highest BCUT2D eigenvalue weighted by Crippen LogP contribution is 2.34. The number of rotatable bonds is 8. The van der Waals surface area contributed by atoms with E-state index in [0.717, 1.165) is 38.2 Å². The van der Waals surface area contributed by atoms with Crippen molar-refractivity contribution in [1.29, 1.82) is 0 Å². The van der Waals surface area contributed by atoms with Crippen molar-refractivity contribution in [1.82, 2.24) is 4.90 Å². The van der Waals surface area contributed by atoms with Crippen LogP contribution in [0.1, 0.15) is 25.8 Å². The van der Waals surface area contributed by atoms with E-state index in [4.69, 9.17) is 9.47 Å². The van der Waals surface area contributed by atoms with E-state index in [0.29, 0.717) is 11.7 Å². The smallest absolute Gasteiger partial charge is 0.256 e. The molecule has 2 aromatic carbocycles. The lowest BCUT2D eigenvalue weighted by Crippen LogP contribution is -2.54. The Balaban J connectivity index is 1.75. The Kier molecular flexibility index (Phi) is 7.88. The third-order valence-corrected chi connectivity index (χ3v) is 6.12. The van der Waals surface area contributed by atoms with Crippen molar-refractivity contribution >= 4 is 11.6 Å². The molecule has 1 saturated heterocycles. The van der Waals surface area contributed by atoms with Gasteiger partial charge in [-0.2, -0.15) is 0 Å². The van der Waals surface area contributed by atoms with Crippen molar-refractivity contribution in [2.24, 2.45) is 5.92 Å². The molecule has 1 aliphatic heterocycles. The molecule has 0 N–H and O–H groups in total. The van der Waals surface area contributed by atoms with Gasteiger partial charge in [-0.05, 0) is 43.4 Å². The fraction of sp³-hybridized carbons (Fsp3) is 0.480. The zero-order valence-electron chi connectivity index (χ0n) is 18.6. The molecule has 0 aliphatic carbocycles. The average molecular weight is 411 g/mol. The van der Waals surface area contributed by atoms with Crippen LogP contribution in [-0.2, 0) is 16.0 Å². The zero-order chi connectivity index (χ0) is 21.5. The normalized spacial score (nSPS) is 20.5. The molecule has 1 aliphatic rings. The predicted octanol–water partition coefficient (Wildman–Crippen LogP) is 4.02. The molecular weight excluding hydrogens is 376 g/mol. The summed E-state index contributed by atoms with van der Waals surface area (Å²) in [6.07, 6.45) is 1.47. The molecule has 1 amide bonds. The standard InChI is InChI=1S/C25H34N2O3/c1-19-18-26(16-14-21-10-6-5-7-11-21)17-15-22(19)27(25(28)20(2)29-3)23-12-8-9-13-24(23)30-4/h5-13,19-20,22H,14-18H2,1-4H3/t19-,20?,22+/m0/s1. The van der Waals surface area contributed by atoms with Gasteiger partial charge in [0.05, 0.1) is 12.8 Å². The summed E-state index contributed by atoms with van der Waals surface area (Å²) in [5, 5.41) is 0. The van der Waals surface area contributed by atoms with Crippen LogP contribution in [0.25, 0.3) is 0 Å². The fourth-order valence-electron chi connectivity index (χ4n) is 4.32. The van der Waals surface area contributed by atoms with Gasteiger partial charge in [-0.1, -0.05) is 49.4 Å². The van der Waals surface area contributed by atoms with Crippen molar-refractivity contribution in [2.45, 2.75) is 38.8 Å². The van der Waals surface area contributed by atoms with Crippen molar-refractivity contribution in [3.63, 3.8) is 0 Å². The molecular formula is C25H34N2O3. The molecule has 0 saturated carbocycles. The van der Waals surface area contributed by atoms with Crippen LogP contribution in [0.15, 0.2) is 54.6 Å². The number of amides is 1. The van der Waals surface area contributed by atoms with Gasteiger partial charge in [0.2, 0.25) is 0 Å². The number of nitrogens with zero attached hydrogens (tertiary/aromatic N) is 2. The van der Waals surface area contributed by atoms with E-state index < -0.39 is 6.10 Å². The first-order valence-corrected chi connectivity index (χ1v) is 10.8. The number of carbonyl (C=O) groups is 1. The van der Waals surface area contributed by atoms with E-state index in [1.807, 2.05) is 36.1 Å². The molecule has 1 fully saturated rings. The van der Waals surface area contributed by atoms with E-state index in [-0.39, 0.29) is 11.9 Å². The number of para-hydroxylation sites is 2. The quantitative estimate of drug-likeness (QED) is 0.659. The van der Waals surface area contributed by atoms with Gasteiger partial charge in [-0.15, -0.1) is 0 Å². The SMILES string of the molecule is COc1ccccc1N(C(=O)C(C)OC)[C@@H]1CCN(CCc2ccccc2)C[C@@H]1C. The average Bonchev–Trinajstić information content (AvgIpc) is 2.79. The molecule has 1 heterocycles. The minimum atomic E-state index is -0.502. The molecule has 5 heteroatoms. The maximum absolute atomic E-state index is 13.3. The van der Waals surface area contributed by atoms with Gasteiger partial charge in [0.1, 0.15) is 11.9 Å². The summed E-state index contributed by atoms with van der Waals surface area (Å²) in [5.74, 6) is 1.04. The number of likely N-dealkylation sites (tertiary alicyclic amines) is 1. The second-order valence-electron chi connectivity index (χ2n) is 8.13. The summed E-state index contributed by atoms with van der Waals surface area (Å²) in [6, 6.07) is 18.5. The molecule has 3 rings (SSSR count). The van der Waals surface area contributed by atoms with Gasteiger partial charge in [0.15, 0.2) is 0 Å². The van der Waals surface area contributed by atoms with Crippen molar-refractivity contribution < 1.29 is 14.3 Å². The maximum atomic E-state index is 13.3. The molecule has 162 valence electrons. The Morgan fingerprint density at radius 2 is 1.83 bits per heavy atom. The molecule has 1 unspecified atom stereocenters. The first-order valence-electron chi connectivity index (χ1n) is 10.8. The molecule has 0 radical (unpaired) electrons. The minimum absolute atomic E-state index is 0.0171. The summed E-state index contributed by atoms with van der Waals surface area (Å²) in [5.41, 5.74) is 2.19. The first-order chi connectivity index (χ1) is 14.5. The number of carbonyl (C=O) groups excluding carboxylic acids is 1. The number of methoxy groups -OCH3 is 2. The summed E-state index contributed by atoms with van der Waals surface area (Å²) in [7, 11) is 3.23. The molecule has 0 spiro atoms. The molecule has 2 aromatic rings. The number of hydrogen-bond donors (Lipinski definition) is 0. The third kappa shape index (κ3) is 5.21. The minimum Gasteiger partial charge on any atom is -0.495 e. The van der Waals surface area contributed by atoms with Crippen LogP contribution in [0, 0.1) is 5.92 Å².